The van der Waals surface area contributed by atoms with Gasteiger partial charge in [-0.2, -0.15) is 0 Å². The van der Waals surface area contributed by atoms with Crippen molar-refractivity contribution in [2.45, 2.75) is 17.7 Å². The van der Waals surface area contributed by atoms with Crippen LogP contribution < -0.4 is 25.2 Å². The van der Waals surface area contributed by atoms with Crippen LogP contribution in [0.2, 0.25) is 0 Å². The second-order valence-electron chi connectivity index (χ2n) is 9.00. The molecule has 0 spiro atoms. The molecule has 0 radical (unpaired) electrons. The monoisotopic (exact) mass is 550 g/mol. The van der Waals surface area contributed by atoms with E-state index in [4.69, 9.17) is 14.6 Å². The van der Waals surface area contributed by atoms with Crippen LogP contribution >= 0.6 is 0 Å². The molecule has 3 aromatic carbocycles. The van der Waals surface area contributed by atoms with E-state index in [1.54, 1.807) is 30.3 Å². The number of primary sulfonamides is 1. The topological polar surface area (TPSA) is 150 Å². The molecule has 5 rings (SSSR count). The van der Waals surface area contributed by atoms with Gasteiger partial charge in [-0.1, -0.05) is 0 Å². The van der Waals surface area contributed by atoms with Gasteiger partial charge in [0.15, 0.2) is 0 Å². The van der Waals surface area contributed by atoms with E-state index in [9.17, 15) is 22.4 Å². The van der Waals surface area contributed by atoms with Crippen LogP contribution in [0.25, 0.3) is 10.9 Å². The van der Waals surface area contributed by atoms with Crippen LogP contribution in [0.3, 0.4) is 0 Å². The van der Waals surface area contributed by atoms with Gasteiger partial charge >= 0.3 is 0 Å². The third-order valence-corrected chi connectivity index (χ3v) is 7.29. The number of nitrogens with zero attached hydrogens (tertiary/aromatic N) is 1. The van der Waals surface area contributed by atoms with Gasteiger partial charge in [-0.15, -0.1) is 0 Å². The SMILES string of the molecule is COc1cc2nccc(Oc3ccc(NC(=O)C4(C(=O)Nc5ccc(F)cc5)CC4)cc3)c2cc1S(N)(=O)=O. The van der Waals surface area contributed by atoms with Crippen molar-refractivity contribution in [3.05, 3.63) is 78.7 Å². The fraction of sp³-hybridized carbons (Fsp3) is 0.148. The van der Waals surface area contributed by atoms with E-state index in [2.05, 4.69) is 15.6 Å². The van der Waals surface area contributed by atoms with Crippen molar-refractivity contribution in [3.8, 4) is 17.2 Å². The summed E-state index contributed by atoms with van der Waals surface area (Å²) < 4.78 is 48.3. The average Bonchev–Trinajstić information content (AvgIpc) is 3.72. The molecular weight excluding hydrogens is 527 g/mol. The molecule has 10 nitrogen and oxygen atoms in total. The number of nitrogens with two attached hydrogens (primary N) is 1. The number of fused-ring (bicyclic) bond motifs is 1. The summed E-state index contributed by atoms with van der Waals surface area (Å²) in [5, 5.41) is 11.2. The van der Waals surface area contributed by atoms with Crippen molar-refractivity contribution >= 4 is 44.1 Å². The predicted molar refractivity (Wildman–Crippen MR) is 142 cm³/mol. The number of carbonyl (C=O) groups is 2. The van der Waals surface area contributed by atoms with Crippen molar-refractivity contribution < 1.29 is 31.9 Å². The van der Waals surface area contributed by atoms with Gasteiger partial charge in [0.05, 0.1) is 12.6 Å². The lowest BCUT2D eigenvalue weighted by molar-refractivity contribution is -0.131. The molecule has 1 aliphatic carbocycles. The molecule has 0 bridgehead atoms. The fourth-order valence-corrected chi connectivity index (χ4v) is 4.75. The zero-order chi connectivity index (χ0) is 27.8. The molecule has 4 N–H and O–H groups in total. The molecule has 0 unspecified atom stereocenters. The Labute approximate surface area is 223 Å². The van der Waals surface area contributed by atoms with E-state index in [1.165, 1.54) is 49.7 Å². The van der Waals surface area contributed by atoms with Gasteiger partial charge in [0, 0.05) is 29.0 Å². The number of anilines is 2. The minimum Gasteiger partial charge on any atom is -0.495 e. The molecule has 12 heteroatoms. The minimum absolute atomic E-state index is 0.0644. The Kier molecular flexibility index (Phi) is 6.66. The largest absolute Gasteiger partial charge is 0.495 e. The number of halogens is 1. The number of carbonyl (C=O) groups excluding carboxylic acids is 2. The van der Waals surface area contributed by atoms with Gasteiger partial charge < -0.3 is 20.1 Å². The zero-order valence-electron chi connectivity index (χ0n) is 20.6. The molecule has 1 heterocycles. The summed E-state index contributed by atoms with van der Waals surface area (Å²) in [6, 6.07) is 16.1. The molecule has 39 heavy (non-hydrogen) atoms. The second kappa shape index (κ2) is 9.97. The standard InChI is InChI=1S/C27H23FN4O6S/c1-37-23-15-21-20(14-24(23)39(29,35)36)22(10-13-30-21)38-19-8-6-18(7-9-19)32-26(34)27(11-12-27)25(33)31-17-4-2-16(28)3-5-17/h2-10,13-15H,11-12H2,1H3,(H,31,33)(H,32,34)(H2,29,35,36). The molecule has 0 saturated heterocycles. The highest BCUT2D eigenvalue weighted by Crippen LogP contribution is 2.47. The summed E-state index contributed by atoms with van der Waals surface area (Å²) >= 11 is 0. The Bertz CT molecular complexity index is 1690. The lowest BCUT2D eigenvalue weighted by atomic mass is 10.0. The Morgan fingerprint density at radius 1 is 0.923 bits per heavy atom. The highest BCUT2D eigenvalue weighted by atomic mass is 32.2. The number of hydrogen-bond acceptors (Lipinski definition) is 7. The summed E-state index contributed by atoms with van der Waals surface area (Å²) in [6.45, 7) is 0. The molecule has 1 fully saturated rings. The van der Waals surface area contributed by atoms with Crippen LogP contribution in [0.4, 0.5) is 15.8 Å². The first-order valence-corrected chi connectivity index (χ1v) is 13.3. The normalized spacial score (nSPS) is 13.9. The fourth-order valence-electron chi connectivity index (χ4n) is 4.05. The van der Waals surface area contributed by atoms with E-state index in [1.807, 2.05) is 0 Å². The average molecular weight is 551 g/mol. The van der Waals surface area contributed by atoms with Crippen molar-refractivity contribution in [1.29, 1.82) is 0 Å². The first-order valence-electron chi connectivity index (χ1n) is 11.7. The quantitative estimate of drug-likeness (QED) is 0.279. The molecule has 200 valence electrons. The van der Waals surface area contributed by atoms with E-state index in [0.29, 0.717) is 46.6 Å². The number of ether oxygens (including phenoxy) is 2. The Balaban J connectivity index is 1.30. The van der Waals surface area contributed by atoms with E-state index < -0.39 is 33.1 Å². The van der Waals surface area contributed by atoms with Crippen LogP contribution in [0.1, 0.15) is 12.8 Å². The summed E-state index contributed by atoms with van der Waals surface area (Å²) in [5.74, 6) is -0.520. The van der Waals surface area contributed by atoms with Gasteiger partial charge in [-0.3, -0.25) is 14.6 Å². The number of pyridine rings is 1. The predicted octanol–water partition coefficient (Wildman–Crippen LogP) is 4.18. The van der Waals surface area contributed by atoms with Gasteiger partial charge in [-0.05, 0) is 73.5 Å². The van der Waals surface area contributed by atoms with Gasteiger partial charge in [0.25, 0.3) is 0 Å². The highest BCUT2D eigenvalue weighted by Gasteiger charge is 2.56. The first-order chi connectivity index (χ1) is 18.6. The summed E-state index contributed by atoms with van der Waals surface area (Å²) in [6.07, 6.45) is 2.30. The molecule has 0 atom stereocenters. The maximum atomic E-state index is 13.1. The Morgan fingerprint density at radius 2 is 1.51 bits per heavy atom. The number of benzene rings is 3. The van der Waals surface area contributed by atoms with E-state index >= 15 is 0 Å². The van der Waals surface area contributed by atoms with Crippen LogP contribution in [0, 0.1) is 11.2 Å². The van der Waals surface area contributed by atoms with Crippen molar-refractivity contribution in [2.75, 3.05) is 17.7 Å². The van der Waals surface area contributed by atoms with Gasteiger partial charge in [-0.25, -0.2) is 17.9 Å². The number of methoxy groups -OCH3 is 1. The Hall–Kier alpha value is -4.55. The molecule has 0 aliphatic heterocycles. The lowest BCUT2D eigenvalue weighted by Gasteiger charge is -2.16. The summed E-state index contributed by atoms with van der Waals surface area (Å²) in [7, 11) is -2.74. The van der Waals surface area contributed by atoms with Crippen molar-refractivity contribution in [3.63, 3.8) is 0 Å². The third kappa shape index (κ3) is 5.38. The zero-order valence-corrected chi connectivity index (χ0v) is 21.4. The Morgan fingerprint density at radius 3 is 2.05 bits per heavy atom. The molecule has 1 saturated carbocycles. The maximum Gasteiger partial charge on any atom is 0.241 e. The number of amides is 2. The number of nitrogens with one attached hydrogen (secondary N) is 2. The first kappa shape index (κ1) is 26.1. The molecular formula is C27H23FN4O6S. The molecule has 4 aromatic rings. The maximum absolute atomic E-state index is 13.1. The van der Waals surface area contributed by atoms with E-state index in [0.717, 1.165) is 0 Å². The van der Waals surface area contributed by atoms with Crippen molar-refractivity contribution in [1.82, 2.24) is 4.98 Å². The smallest absolute Gasteiger partial charge is 0.241 e. The van der Waals surface area contributed by atoms with Crippen LogP contribution in [0.15, 0.2) is 77.8 Å². The highest BCUT2D eigenvalue weighted by molar-refractivity contribution is 7.89. The van der Waals surface area contributed by atoms with Crippen molar-refractivity contribution in [2.24, 2.45) is 10.6 Å². The molecule has 1 aliphatic rings. The lowest BCUT2D eigenvalue weighted by Crippen LogP contribution is -2.35. The van der Waals surface area contributed by atoms with Gasteiger partial charge in [0.1, 0.15) is 33.4 Å². The third-order valence-electron chi connectivity index (χ3n) is 6.35. The molecule has 2 amide bonds. The van der Waals surface area contributed by atoms with Crippen LogP contribution in [-0.4, -0.2) is 32.3 Å². The number of rotatable bonds is 8. The summed E-state index contributed by atoms with van der Waals surface area (Å²) in [4.78, 5) is 29.7. The van der Waals surface area contributed by atoms with Gasteiger partial charge in [0.2, 0.25) is 21.8 Å². The van der Waals surface area contributed by atoms with Crippen LogP contribution in [-0.2, 0) is 19.6 Å². The number of hydrogen-bond donors (Lipinski definition) is 3. The number of sulfonamides is 1. The molecule has 1 aromatic heterocycles. The van der Waals surface area contributed by atoms with Crippen LogP contribution in [0.5, 0.6) is 17.2 Å². The second-order valence-corrected chi connectivity index (χ2v) is 10.5. The number of aromatic nitrogens is 1. The minimum atomic E-state index is -4.07. The van der Waals surface area contributed by atoms with E-state index in [-0.39, 0.29) is 10.6 Å². The summed E-state index contributed by atoms with van der Waals surface area (Å²) in [5.41, 5.74) is 0.102.